The van der Waals surface area contributed by atoms with E-state index in [-0.39, 0.29) is 11.6 Å². The van der Waals surface area contributed by atoms with Gasteiger partial charge < -0.3 is 0 Å². The Morgan fingerprint density at radius 1 is 1.35 bits per heavy atom. The third-order valence-electron chi connectivity index (χ3n) is 2.44. The number of anilines is 1. The molecule has 1 heterocycles. The molecule has 1 aromatic carbocycles. The highest BCUT2D eigenvalue weighted by molar-refractivity contribution is 7.92. The van der Waals surface area contributed by atoms with E-state index in [1.807, 2.05) is 0 Å². The minimum Gasteiger partial charge on any atom is -0.281 e. The Balaban J connectivity index is 2.33. The molecule has 0 radical (unpaired) electrons. The Morgan fingerprint density at radius 3 is 2.80 bits per heavy atom. The van der Waals surface area contributed by atoms with Crippen LogP contribution in [0.15, 0.2) is 30.9 Å². The van der Waals surface area contributed by atoms with Crippen molar-refractivity contribution in [3.8, 4) is 5.69 Å². The summed E-state index contributed by atoms with van der Waals surface area (Å²) in [5, 5.41) is 4.40. The molecule has 0 amide bonds. The van der Waals surface area contributed by atoms with Gasteiger partial charge in [-0.05, 0) is 24.6 Å². The van der Waals surface area contributed by atoms with E-state index in [4.69, 9.17) is 23.2 Å². The molecule has 0 unspecified atom stereocenters. The number of nitrogens with zero attached hydrogens (tertiary/aromatic N) is 3. The second kappa shape index (κ2) is 6.43. The number of alkyl halides is 1. The summed E-state index contributed by atoms with van der Waals surface area (Å²) in [4.78, 5) is 3.83. The number of benzene rings is 1. The van der Waals surface area contributed by atoms with Gasteiger partial charge in [0.2, 0.25) is 10.0 Å². The van der Waals surface area contributed by atoms with Crippen molar-refractivity contribution in [3.05, 3.63) is 35.9 Å². The maximum absolute atomic E-state index is 11.9. The highest BCUT2D eigenvalue weighted by Gasteiger charge is 2.14. The molecule has 0 aliphatic rings. The van der Waals surface area contributed by atoms with Gasteiger partial charge in [0.25, 0.3) is 0 Å². The Bertz CT molecular complexity index is 674. The van der Waals surface area contributed by atoms with Crippen LogP contribution in [-0.2, 0) is 10.0 Å². The lowest BCUT2D eigenvalue weighted by atomic mass is 10.3. The molecule has 0 saturated carbocycles. The Morgan fingerprint density at radius 2 is 2.15 bits per heavy atom. The van der Waals surface area contributed by atoms with Crippen molar-refractivity contribution in [1.29, 1.82) is 0 Å². The molecule has 0 aliphatic carbocycles. The molecule has 2 rings (SSSR count). The van der Waals surface area contributed by atoms with Gasteiger partial charge in [0.15, 0.2) is 0 Å². The van der Waals surface area contributed by atoms with Crippen LogP contribution < -0.4 is 4.72 Å². The second-order valence-corrected chi connectivity index (χ2v) is 6.62. The summed E-state index contributed by atoms with van der Waals surface area (Å²) in [5.74, 6) is 0.228. The van der Waals surface area contributed by atoms with Crippen LogP contribution in [0.4, 0.5) is 5.69 Å². The van der Waals surface area contributed by atoms with Crippen molar-refractivity contribution in [1.82, 2.24) is 14.8 Å². The fourth-order valence-electron chi connectivity index (χ4n) is 1.59. The summed E-state index contributed by atoms with van der Waals surface area (Å²) in [6.07, 6.45) is 3.20. The smallest absolute Gasteiger partial charge is 0.232 e. The topological polar surface area (TPSA) is 76.9 Å². The summed E-state index contributed by atoms with van der Waals surface area (Å²) < 4.78 is 27.8. The lowest BCUT2D eigenvalue weighted by Gasteiger charge is -2.12. The number of halogens is 2. The van der Waals surface area contributed by atoms with E-state index in [0.29, 0.717) is 22.8 Å². The van der Waals surface area contributed by atoms with Crippen LogP contribution >= 0.6 is 23.2 Å². The van der Waals surface area contributed by atoms with Crippen LogP contribution in [0.1, 0.15) is 6.42 Å². The maximum atomic E-state index is 11.9. The Hall–Kier alpha value is -1.31. The third kappa shape index (κ3) is 3.84. The van der Waals surface area contributed by atoms with Gasteiger partial charge in [0.05, 0.1) is 17.1 Å². The van der Waals surface area contributed by atoms with Crippen molar-refractivity contribution in [2.75, 3.05) is 16.4 Å². The van der Waals surface area contributed by atoms with Crippen LogP contribution in [-0.4, -0.2) is 34.8 Å². The number of sulfonamides is 1. The first-order valence-electron chi connectivity index (χ1n) is 5.73. The molecule has 9 heteroatoms. The molecule has 0 saturated heterocycles. The number of hydrogen-bond acceptors (Lipinski definition) is 4. The molecule has 0 bridgehead atoms. The fraction of sp³-hybridized carbons (Fsp3) is 0.273. The van der Waals surface area contributed by atoms with E-state index in [9.17, 15) is 8.42 Å². The standard InChI is InChI=1S/C11H12Cl2N4O2S/c12-4-1-5-20(18,19)16-10-6-9(13)2-3-11(10)17-8-14-7-15-17/h2-3,6-8,16H,1,4-5H2. The molecule has 2 aromatic rings. The largest absolute Gasteiger partial charge is 0.281 e. The molecule has 0 aliphatic heterocycles. The van der Waals surface area contributed by atoms with E-state index >= 15 is 0 Å². The van der Waals surface area contributed by atoms with E-state index in [1.54, 1.807) is 12.1 Å². The number of nitrogens with one attached hydrogen (secondary N) is 1. The van der Waals surface area contributed by atoms with Gasteiger partial charge in [-0.1, -0.05) is 11.6 Å². The lowest BCUT2D eigenvalue weighted by molar-refractivity contribution is 0.600. The zero-order chi connectivity index (χ0) is 14.6. The first kappa shape index (κ1) is 15.1. The molecule has 0 atom stereocenters. The highest BCUT2D eigenvalue weighted by Crippen LogP contribution is 2.25. The molecule has 1 aromatic heterocycles. The fourth-order valence-corrected chi connectivity index (χ4v) is 3.17. The van der Waals surface area contributed by atoms with Crippen LogP contribution in [0.2, 0.25) is 5.02 Å². The molecule has 0 fully saturated rings. The monoisotopic (exact) mass is 334 g/mol. The minimum atomic E-state index is -3.48. The molecular weight excluding hydrogens is 323 g/mol. The molecule has 108 valence electrons. The van der Waals surface area contributed by atoms with Crippen molar-refractivity contribution in [2.24, 2.45) is 0 Å². The SMILES string of the molecule is O=S(=O)(CCCCl)Nc1cc(Cl)ccc1-n1cncn1. The van der Waals surface area contributed by atoms with Crippen LogP contribution in [0.25, 0.3) is 5.69 Å². The normalized spacial score (nSPS) is 11.5. The van der Waals surface area contributed by atoms with Crippen molar-refractivity contribution < 1.29 is 8.42 Å². The molecular formula is C11H12Cl2N4O2S. The van der Waals surface area contributed by atoms with Gasteiger partial charge >= 0.3 is 0 Å². The summed E-state index contributed by atoms with van der Waals surface area (Å²) in [6, 6.07) is 4.84. The summed E-state index contributed by atoms with van der Waals surface area (Å²) in [6.45, 7) is 0. The maximum Gasteiger partial charge on any atom is 0.232 e. The number of aromatic nitrogens is 3. The number of hydrogen-bond donors (Lipinski definition) is 1. The zero-order valence-corrected chi connectivity index (χ0v) is 12.7. The van der Waals surface area contributed by atoms with Gasteiger partial charge in [0.1, 0.15) is 12.7 Å². The minimum absolute atomic E-state index is 0.0557. The summed E-state index contributed by atoms with van der Waals surface area (Å²) >= 11 is 11.4. The lowest BCUT2D eigenvalue weighted by Crippen LogP contribution is -2.18. The van der Waals surface area contributed by atoms with Crippen LogP contribution in [0.3, 0.4) is 0 Å². The molecule has 0 spiro atoms. The van der Waals surface area contributed by atoms with E-state index < -0.39 is 10.0 Å². The van der Waals surface area contributed by atoms with Crippen LogP contribution in [0.5, 0.6) is 0 Å². The van der Waals surface area contributed by atoms with Gasteiger partial charge in [-0.15, -0.1) is 11.6 Å². The zero-order valence-electron chi connectivity index (χ0n) is 10.3. The van der Waals surface area contributed by atoms with Gasteiger partial charge in [-0.2, -0.15) is 5.10 Å². The average molecular weight is 335 g/mol. The predicted octanol–water partition coefficient (Wildman–Crippen LogP) is 2.29. The van der Waals surface area contributed by atoms with Crippen molar-refractivity contribution >= 4 is 38.9 Å². The Labute approximate surface area is 126 Å². The third-order valence-corrected chi connectivity index (χ3v) is 4.30. The van der Waals surface area contributed by atoms with E-state index in [0.717, 1.165) is 0 Å². The molecule has 1 N–H and O–H groups in total. The summed E-state index contributed by atoms with van der Waals surface area (Å²) in [5.41, 5.74) is 0.888. The van der Waals surface area contributed by atoms with E-state index in [2.05, 4.69) is 14.8 Å². The molecule has 20 heavy (non-hydrogen) atoms. The number of rotatable bonds is 6. The quantitative estimate of drug-likeness (QED) is 0.822. The van der Waals surface area contributed by atoms with Gasteiger partial charge in [0, 0.05) is 10.9 Å². The van der Waals surface area contributed by atoms with Crippen molar-refractivity contribution in [2.45, 2.75) is 6.42 Å². The van der Waals surface area contributed by atoms with Crippen LogP contribution in [0, 0.1) is 0 Å². The first-order chi connectivity index (χ1) is 9.52. The van der Waals surface area contributed by atoms with Crippen molar-refractivity contribution in [3.63, 3.8) is 0 Å². The van der Waals surface area contributed by atoms with E-state index in [1.165, 1.54) is 23.4 Å². The Kier molecular flexibility index (Phi) is 4.85. The second-order valence-electron chi connectivity index (χ2n) is 3.96. The van der Waals surface area contributed by atoms with Gasteiger partial charge in [-0.25, -0.2) is 18.1 Å². The molecule has 6 nitrogen and oxygen atoms in total. The first-order valence-corrected chi connectivity index (χ1v) is 8.29. The summed E-state index contributed by atoms with van der Waals surface area (Å²) in [7, 11) is -3.48. The highest BCUT2D eigenvalue weighted by atomic mass is 35.5. The predicted molar refractivity (Wildman–Crippen MR) is 79.1 cm³/mol. The van der Waals surface area contributed by atoms with Gasteiger partial charge in [-0.3, -0.25) is 4.72 Å². The average Bonchev–Trinajstić information content (AvgIpc) is 2.90.